The molecule has 1 N–H and O–H groups in total. The first-order valence-corrected chi connectivity index (χ1v) is 7.35. The number of piperidine rings is 1. The van der Waals surface area contributed by atoms with Crippen LogP contribution in [-0.2, 0) is 0 Å². The van der Waals surface area contributed by atoms with Gasteiger partial charge in [0.2, 0.25) is 0 Å². The smallest absolute Gasteiger partial charge is 0.150 e. The van der Waals surface area contributed by atoms with E-state index in [-0.39, 0.29) is 0 Å². The lowest BCUT2D eigenvalue weighted by atomic mass is 9.97. The SMILES string of the molecule is Cc1cnc(C)c(N2CCCC(CNC(C)C)C2)n1. The van der Waals surface area contributed by atoms with Gasteiger partial charge in [-0.2, -0.15) is 0 Å². The molecule has 1 aliphatic rings. The molecule has 1 unspecified atom stereocenters. The highest BCUT2D eigenvalue weighted by molar-refractivity contribution is 5.43. The first kappa shape index (κ1) is 14.3. The van der Waals surface area contributed by atoms with Crippen molar-refractivity contribution in [2.45, 2.75) is 46.6 Å². The molecule has 1 fully saturated rings. The minimum Gasteiger partial charge on any atom is -0.355 e. The van der Waals surface area contributed by atoms with E-state index >= 15 is 0 Å². The number of hydrogen-bond donors (Lipinski definition) is 1. The van der Waals surface area contributed by atoms with Gasteiger partial charge in [0, 0.05) is 25.3 Å². The van der Waals surface area contributed by atoms with Crippen molar-refractivity contribution >= 4 is 5.82 Å². The summed E-state index contributed by atoms with van der Waals surface area (Å²) in [6, 6.07) is 0.566. The van der Waals surface area contributed by atoms with E-state index in [0.29, 0.717) is 6.04 Å². The molecule has 0 saturated carbocycles. The molecule has 4 nitrogen and oxygen atoms in total. The summed E-state index contributed by atoms with van der Waals surface area (Å²) < 4.78 is 0. The lowest BCUT2D eigenvalue weighted by Gasteiger charge is -2.34. The zero-order valence-corrected chi connectivity index (χ0v) is 12.6. The Morgan fingerprint density at radius 1 is 1.42 bits per heavy atom. The van der Waals surface area contributed by atoms with E-state index in [1.165, 1.54) is 12.8 Å². The van der Waals surface area contributed by atoms with Crippen molar-refractivity contribution in [3.8, 4) is 0 Å². The van der Waals surface area contributed by atoms with Crippen LogP contribution < -0.4 is 10.2 Å². The van der Waals surface area contributed by atoms with Crippen LogP contribution in [0.5, 0.6) is 0 Å². The van der Waals surface area contributed by atoms with Crippen molar-refractivity contribution in [1.29, 1.82) is 0 Å². The largest absolute Gasteiger partial charge is 0.355 e. The molecule has 2 rings (SSSR count). The summed E-state index contributed by atoms with van der Waals surface area (Å²) in [6.07, 6.45) is 4.41. The Balaban J connectivity index is 2.02. The van der Waals surface area contributed by atoms with Gasteiger partial charge in [0.05, 0.1) is 11.4 Å². The lowest BCUT2D eigenvalue weighted by Crippen LogP contribution is -2.41. The average molecular weight is 262 g/mol. The summed E-state index contributed by atoms with van der Waals surface area (Å²) >= 11 is 0. The summed E-state index contributed by atoms with van der Waals surface area (Å²) in [5, 5.41) is 3.55. The Bertz CT molecular complexity index is 417. The first-order valence-electron chi connectivity index (χ1n) is 7.35. The number of nitrogens with zero attached hydrogens (tertiary/aromatic N) is 3. The molecule has 1 saturated heterocycles. The third-order valence-corrected chi connectivity index (χ3v) is 3.68. The Morgan fingerprint density at radius 2 is 2.21 bits per heavy atom. The maximum absolute atomic E-state index is 4.67. The van der Waals surface area contributed by atoms with E-state index < -0.39 is 0 Å². The van der Waals surface area contributed by atoms with E-state index in [4.69, 9.17) is 0 Å². The van der Waals surface area contributed by atoms with E-state index in [2.05, 4.69) is 41.0 Å². The normalized spacial score (nSPS) is 20.1. The molecular weight excluding hydrogens is 236 g/mol. The Hall–Kier alpha value is -1.16. The highest BCUT2D eigenvalue weighted by atomic mass is 15.2. The lowest BCUT2D eigenvalue weighted by molar-refractivity contribution is 0.377. The quantitative estimate of drug-likeness (QED) is 0.904. The number of rotatable bonds is 4. The number of nitrogens with one attached hydrogen (secondary N) is 1. The maximum Gasteiger partial charge on any atom is 0.150 e. The van der Waals surface area contributed by atoms with Crippen LogP contribution in [0.1, 0.15) is 38.1 Å². The van der Waals surface area contributed by atoms with Gasteiger partial charge in [0.15, 0.2) is 0 Å². The van der Waals surface area contributed by atoms with Gasteiger partial charge < -0.3 is 10.2 Å². The zero-order valence-electron chi connectivity index (χ0n) is 12.6. The molecule has 1 aromatic heterocycles. The Morgan fingerprint density at radius 3 is 2.95 bits per heavy atom. The van der Waals surface area contributed by atoms with Gasteiger partial charge in [0.25, 0.3) is 0 Å². The van der Waals surface area contributed by atoms with Crippen LogP contribution in [0.3, 0.4) is 0 Å². The van der Waals surface area contributed by atoms with Gasteiger partial charge in [-0.15, -0.1) is 0 Å². The number of hydrogen-bond acceptors (Lipinski definition) is 4. The van der Waals surface area contributed by atoms with E-state index in [1.54, 1.807) is 0 Å². The predicted octanol–water partition coefficient (Wildman–Crippen LogP) is 2.31. The monoisotopic (exact) mass is 262 g/mol. The molecule has 1 atom stereocenters. The molecule has 0 amide bonds. The third kappa shape index (κ3) is 3.90. The molecular formula is C15H26N4. The molecule has 0 aliphatic carbocycles. The van der Waals surface area contributed by atoms with Crippen molar-refractivity contribution in [2.75, 3.05) is 24.5 Å². The Kier molecular flexibility index (Phi) is 4.75. The molecule has 0 spiro atoms. The van der Waals surface area contributed by atoms with Crippen LogP contribution in [-0.4, -0.2) is 35.6 Å². The third-order valence-electron chi connectivity index (χ3n) is 3.68. The first-order chi connectivity index (χ1) is 9.06. The summed E-state index contributed by atoms with van der Waals surface area (Å²) in [7, 11) is 0. The minimum atomic E-state index is 0.566. The number of anilines is 1. The summed E-state index contributed by atoms with van der Waals surface area (Å²) in [4.78, 5) is 11.5. The highest BCUT2D eigenvalue weighted by Crippen LogP contribution is 2.23. The fourth-order valence-corrected chi connectivity index (χ4v) is 2.65. The maximum atomic E-state index is 4.67. The van der Waals surface area contributed by atoms with Gasteiger partial charge in [-0.25, -0.2) is 4.98 Å². The van der Waals surface area contributed by atoms with Crippen LogP contribution in [0.25, 0.3) is 0 Å². The van der Waals surface area contributed by atoms with Crippen LogP contribution >= 0.6 is 0 Å². The fraction of sp³-hybridized carbons (Fsp3) is 0.733. The molecule has 2 heterocycles. The van der Waals surface area contributed by atoms with E-state index in [1.807, 2.05) is 13.1 Å². The van der Waals surface area contributed by atoms with Crippen LogP contribution in [0.4, 0.5) is 5.82 Å². The van der Waals surface area contributed by atoms with Crippen molar-refractivity contribution in [2.24, 2.45) is 5.92 Å². The molecule has 0 aromatic carbocycles. The zero-order chi connectivity index (χ0) is 13.8. The Labute approximate surface area is 116 Å². The highest BCUT2D eigenvalue weighted by Gasteiger charge is 2.22. The van der Waals surface area contributed by atoms with Crippen molar-refractivity contribution in [1.82, 2.24) is 15.3 Å². The van der Waals surface area contributed by atoms with Gasteiger partial charge >= 0.3 is 0 Å². The molecule has 0 radical (unpaired) electrons. The second-order valence-corrected chi connectivity index (χ2v) is 5.94. The standard InChI is InChI=1S/C15H26N4/c1-11(2)16-9-14-6-5-7-19(10-14)15-13(4)17-8-12(3)18-15/h8,11,14,16H,5-7,9-10H2,1-4H3. The molecule has 1 aromatic rings. The number of aromatic nitrogens is 2. The summed E-state index contributed by atoms with van der Waals surface area (Å²) in [6.45, 7) is 11.8. The predicted molar refractivity (Wildman–Crippen MR) is 79.6 cm³/mol. The van der Waals surface area contributed by atoms with Crippen LogP contribution in [0.2, 0.25) is 0 Å². The second-order valence-electron chi connectivity index (χ2n) is 5.94. The van der Waals surface area contributed by atoms with E-state index in [0.717, 1.165) is 42.8 Å². The molecule has 106 valence electrons. The molecule has 19 heavy (non-hydrogen) atoms. The molecule has 4 heteroatoms. The van der Waals surface area contributed by atoms with Crippen molar-refractivity contribution in [3.63, 3.8) is 0 Å². The summed E-state index contributed by atoms with van der Waals surface area (Å²) in [5.41, 5.74) is 2.05. The second kappa shape index (κ2) is 6.33. The minimum absolute atomic E-state index is 0.566. The van der Waals surface area contributed by atoms with Gasteiger partial charge in [0.1, 0.15) is 5.82 Å². The summed E-state index contributed by atoms with van der Waals surface area (Å²) in [5.74, 6) is 1.80. The van der Waals surface area contributed by atoms with Gasteiger partial charge in [-0.3, -0.25) is 4.98 Å². The van der Waals surface area contributed by atoms with E-state index in [9.17, 15) is 0 Å². The number of aryl methyl sites for hydroxylation is 2. The van der Waals surface area contributed by atoms with Gasteiger partial charge in [-0.05, 0) is 39.2 Å². The molecule has 1 aliphatic heterocycles. The topological polar surface area (TPSA) is 41.1 Å². The molecule has 0 bridgehead atoms. The average Bonchev–Trinajstić information content (AvgIpc) is 2.39. The fourth-order valence-electron chi connectivity index (χ4n) is 2.65. The van der Waals surface area contributed by atoms with Crippen LogP contribution in [0.15, 0.2) is 6.20 Å². The van der Waals surface area contributed by atoms with Crippen molar-refractivity contribution in [3.05, 3.63) is 17.6 Å². The van der Waals surface area contributed by atoms with Gasteiger partial charge in [-0.1, -0.05) is 13.8 Å². The van der Waals surface area contributed by atoms with Crippen LogP contribution in [0, 0.1) is 19.8 Å². The van der Waals surface area contributed by atoms with Crippen molar-refractivity contribution < 1.29 is 0 Å².